The van der Waals surface area contributed by atoms with Crippen LogP contribution in [0.1, 0.15) is 59.8 Å². The predicted octanol–water partition coefficient (Wildman–Crippen LogP) is 5.97. The minimum Gasteiger partial charge on any atom is -0.487 e. The molecule has 2 fully saturated rings. The Bertz CT molecular complexity index is 1030. The first-order chi connectivity index (χ1) is 14.6. The number of pyridine rings is 1. The molecule has 3 aromatic rings. The molecule has 0 spiro atoms. The molecule has 2 aliphatic carbocycles. The van der Waals surface area contributed by atoms with E-state index in [1.165, 1.54) is 36.8 Å². The van der Waals surface area contributed by atoms with Gasteiger partial charge in [-0.1, -0.05) is 48.9 Å². The molecular formula is C27H27NO2. The van der Waals surface area contributed by atoms with Gasteiger partial charge in [-0.3, -0.25) is 9.78 Å². The van der Waals surface area contributed by atoms with E-state index in [-0.39, 0.29) is 11.2 Å². The average Bonchev–Trinajstić information content (AvgIpc) is 3.41. The number of carbonyl (C=O) groups is 1. The predicted molar refractivity (Wildman–Crippen MR) is 118 cm³/mol. The highest BCUT2D eigenvalue weighted by molar-refractivity contribution is 5.94. The number of rotatable bonds is 6. The highest BCUT2D eigenvalue weighted by Crippen LogP contribution is 2.60. The van der Waals surface area contributed by atoms with Crippen LogP contribution < -0.4 is 4.74 Å². The summed E-state index contributed by atoms with van der Waals surface area (Å²) in [6, 6.07) is 22.9. The Morgan fingerprint density at radius 1 is 1.00 bits per heavy atom. The van der Waals surface area contributed by atoms with Gasteiger partial charge >= 0.3 is 0 Å². The summed E-state index contributed by atoms with van der Waals surface area (Å²) in [6.45, 7) is 2.11. The van der Waals surface area contributed by atoms with E-state index in [1.54, 1.807) is 13.1 Å². The number of ketones is 1. The maximum atomic E-state index is 11.7. The first-order valence-electron chi connectivity index (χ1n) is 10.9. The van der Waals surface area contributed by atoms with Gasteiger partial charge in [-0.25, -0.2) is 0 Å². The molecule has 0 saturated heterocycles. The second-order valence-corrected chi connectivity index (χ2v) is 8.82. The third-order valence-corrected chi connectivity index (χ3v) is 7.14. The van der Waals surface area contributed by atoms with Gasteiger partial charge in [0.2, 0.25) is 0 Å². The summed E-state index contributed by atoms with van der Waals surface area (Å²) in [5.41, 5.74) is 4.49. The fourth-order valence-electron chi connectivity index (χ4n) is 5.70. The Morgan fingerprint density at radius 2 is 1.73 bits per heavy atom. The number of nitrogens with zero attached hydrogens (tertiary/aromatic N) is 1. The maximum Gasteiger partial charge on any atom is 0.159 e. The van der Waals surface area contributed by atoms with Crippen LogP contribution >= 0.6 is 0 Å². The summed E-state index contributed by atoms with van der Waals surface area (Å²) in [5.74, 6) is 2.47. The lowest BCUT2D eigenvalue weighted by atomic mass is 9.64. The summed E-state index contributed by atoms with van der Waals surface area (Å²) in [5, 5.41) is 0. The van der Waals surface area contributed by atoms with Crippen LogP contribution in [0.3, 0.4) is 0 Å². The van der Waals surface area contributed by atoms with Crippen molar-refractivity contribution in [2.75, 3.05) is 0 Å². The summed E-state index contributed by atoms with van der Waals surface area (Å²) in [6.07, 6.45) is 6.94. The van der Waals surface area contributed by atoms with Crippen molar-refractivity contribution in [1.82, 2.24) is 4.98 Å². The lowest BCUT2D eigenvalue weighted by Crippen LogP contribution is -2.34. The lowest BCUT2D eigenvalue weighted by Gasteiger charge is -2.39. The Kier molecular flexibility index (Phi) is 4.90. The summed E-state index contributed by atoms with van der Waals surface area (Å²) < 4.78 is 5.95. The molecule has 5 rings (SSSR count). The molecule has 3 unspecified atom stereocenters. The normalized spacial score (nSPS) is 24.7. The van der Waals surface area contributed by atoms with Crippen LogP contribution in [-0.2, 0) is 12.0 Å². The molecule has 2 aromatic carbocycles. The van der Waals surface area contributed by atoms with E-state index in [1.807, 2.05) is 30.3 Å². The number of ether oxygens (including phenoxy) is 1. The van der Waals surface area contributed by atoms with E-state index in [0.29, 0.717) is 12.5 Å². The van der Waals surface area contributed by atoms with E-state index in [0.717, 1.165) is 22.9 Å². The van der Waals surface area contributed by atoms with Crippen molar-refractivity contribution in [2.45, 2.75) is 44.6 Å². The zero-order chi connectivity index (χ0) is 20.6. The van der Waals surface area contributed by atoms with Crippen LogP contribution in [-0.4, -0.2) is 10.8 Å². The maximum absolute atomic E-state index is 11.7. The van der Waals surface area contributed by atoms with E-state index in [9.17, 15) is 4.79 Å². The molecule has 2 saturated carbocycles. The van der Waals surface area contributed by atoms with Gasteiger partial charge < -0.3 is 4.74 Å². The molecule has 1 aromatic heterocycles. The largest absolute Gasteiger partial charge is 0.487 e. The number of aromatic nitrogens is 1. The van der Waals surface area contributed by atoms with Crippen LogP contribution in [0.4, 0.5) is 0 Å². The molecular weight excluding hydrogens is 370 g/mol. The Hall–Kier alpha value is -2.94. The Balaban J connectivity index is 1.43. The van der Waals surface area contributed by atoms with Crippen molar-refractivity contribution in [1.29, 1.82) is 0 Å². The highest BCUT2D eigenvalue weighted by Gasteiger charge is 2.52. The van der Waals surface area contributed by atoms with Crippen molar-refractivity contribution in [3.63, 3.8) is 0 Å². The summed E-state index contributed by atoms with van der Waals surface area (Å²) in [4.78, 5) is 16.1. The van der Waals surface area contributed by atoms with Crippen LogP contribution in [0.5, 0.6) is 5.75 Å². The molecule has 3 heteroatoms. The topological polar surface area (TPSA) is 39.2 Å². The first-order valence-corrected chi connectivity index (χ1v) is 10.9. The van der Waals surface area contributed by atoms with Crippen molar-refractivity contribution in [3.8, 4) is 5.75 Å². The van der Waals surface area contributed by atoms with Gasteiger partial charge in [-0.05, 0) is 73.4 Å². The molecule has 152 valence electrons. The standard InChI is InChI=1S/C27H27NO2/c1-19(29)21-6-9-22(10-7-21)27(17-20-5-8-24(27)16-20)23-11-13-26(14-12-23)30-18-25-4-2-3-15-28-25/h2-4,6-7,9-15,20,24H,5,8,16-18H2,1H3. The monoisotopic (exact) mass is 397 g/mol. The van der Waals surface area contributed by atoms with Crippen molar-refractivity contribution in [2.24, 2.45) is 11.8 Å². The van der Waals surface area contributed by atoms with Crippen LogP contribution in [0.15, 0.2) is 72.9 Å². The molecule has 3 atom stereocenters. The third-order valence-electron chi connectivity index (χ3n) is 7.14. The number of hydrogen-bond donors (Lipinski definition) is 0. The molecule has 0 amide bonds. The molecule has 2 bridgehead atoms. The van der Waals surface area contributed by atoms with Gasteiger partial charge in [0.25, 0.3) is 0 Å². The zero-order valence-corrected chi connectivity index (χ0v) is 17.4. The molecule has 1 heterocycles. The van der Waals surface area contributed by atoms with Gasteiger partial charge in [-0.15, -0.1) is 0 Å². The summed E-state index contributed by atoms with van der Waals surface area (Å²) in [7, 11) is 0. The lowest BCUT2D eigenvalue weighted by molar-refractivity contribution is 0.101. The first kappa shape index (κ1) is 19.0. The number of hydrogen-bond acceptors (Lipinski definition) is 3. The van der Waals surface area contributed by atoms with Gasteiger partial charge in [0.1, 0.15) is 12.4 Å². The Morgan fingerprint density at radius 3 is 2.30 bits per heavy atom. The molecule has 0 radical (unpaired) electrons. The third kappa shape index (κ3) is 3.32. The average molecular weight is 398 g/mol. The van der Waals surface area contributed by atoms with E-state index in [2.05, 4.69) is 41.4 Å². The Labute approximate surface area is 178 Å². The molecule has 3 nitrogen and oxygen atoms in total. The quantitative estimate of drug-likeness (QED) is 0.481. The molecule has 0 aliphatic heterocycles. The second kappa shape index (κ2) is 7.71. The highest BCUT2D eigenvalue weighted by atomic mass is 16.5. The van der Waals surface area contributed by atoms with Crippen molar-refractivity contribution >= 4 is 5.78 Å². The molecule has 2 aliphatic rings. The van der Waals surface area contributed by atoms with Gasteiger partial charge in [0.05, 0.1) is 5.69 Å². The minimum atomic E-state index is 0.0533. The van der Waals surface area contributed by atoms with Crippen LogP contribution in [0, 0.1) is 11.8 Å². The molecule has 0 N–H and O–H groups in total. The molecule has 30 heavy (non-hydrogen) atoms. The van der Waals surface area contributed by atoms with E-state index >= 15 is 0 Å². The zero-order valence-electron chi connectivity index (χ0n) is 17.4. The number of Topliss-reactive ketones (excluding diaryl/α,β-unsaturated/α-hetero) is 1. The van der Waals surface area contributed by atoms with Gasteiger partial charge in [0, 0.05) is 17.2 Å². The van der Waals surface area contributed by atoms with Crippen LogP contribution in [0.2, 0.25) is 0 Å². The van der Waals surface area contributed by atoms with Gasteiger partial charge in [-0.2, -0.15) is 0 Å². The second-order valence-electron chi connectivity index (χ2n) is 8.82. The number of benzene rings is 2. The van der Waals surface area contributed by atoms with Crippen LogP contribution in [0.25, 0.3) is 0 Å². The number of carbonyl (C=O) groups excluding carboxylic acids is 1. The fourth-order valence-corrected chi connectivity index (χ4v) is 5.70. The SMILES string of the molecule is CC(=O)c1ccc(C2(c3ccc(OCc4ccccn4)cc3)CC3CCC2C3)cc1. The van der Waals surface area contributed by atoms with E-state index in [4.69, 9.17) is 4.74 Å². The minimum absolute atomic E-state index is 0.0533. The number of fused-ring (bicyclic) bond motifs is 2. The van der Waals surface area contributed by atoms with Crippen molar-refractivity contribution < 1.29 is 9.53 Å². The fraction of sp³-hybridized carbons (Fsp3) is 0.333. The van der Waals surface area contributed by atoms with E-state index < -0.39 is 0 Å². The summed E-state index contributed by atoms with van der Waals surface area (Å²) >= 11 is 0. The van der Waals surface area contributed by atoms with Crippen molar-refractivity contribution in [3.05, 3.63) is 95.3 Å². The smallest absolute Gasteiger partial charge is 0.159 e. The van der Waals surface area contributed by atoms with Gasteiger partial charge in [0.15, 0.2) is 5.78 Å².